The van der Waals surface area contributed by atoms with Gasteiger partial charge in [0.05, 0.1) is 31.9 Å². The summed E-state index contributed by atoms with van der Waals surface area (Å²) in [5.41, 5.74) is 4.55. The second-order valence-electron chi connectivity index (χ2n) is 6.52. The number of nitrogens with one attached hydrogen (secondary N) is 2. The van der Waals surface area contributed by atoms with Gasteiger partial charge in [-0.05, 0) is 43.2 Å². The molecule has 142 valence electrons. The number of fused-ring (bicyclic) bond motifs is 3. The lowest BCUT2D eigenvalue weighted by atomic mass is 9.93. The molecular weight excluding hydrogens is 364 g/mol. The molecule has 1 aromatic heterocycles. The molecule has 0 saturated heterocycles. The third-order valence-corrected chi connectivity index (χ3v) is 5.34. The first-order chi connectivity index (χ1) is 13.2. The predicted molar refractivity (Wildman–Crippen MR) is 108 cm³/mol. The Morgan fingerprint density at radius 1 is 1.11 bits per heavy atom. The van der Waals surface area contributed by atoms with Gasteiger partial charge in [-0.3, -0.25) is 0 Å². The maximum absolute atomic E-state index is 6.40. The van der Waals surface area contributed by atoms with Crippen molar-refractivity contribution in [2.75, 3.05) is 27.4 Å². The lowest BCUT2D eigenvalue weighted by Gasteiger charge is -2.26. The number of benzene rings is 2. The molecule has 2 aromatic carbocycles. The topological polar surface area (TPSA) is 55.5 Å². The molecule has 1 aliphatic rings. The number of methoxy groups -OCH3 is 2. The Morgan fingerprint density at radius 3 is 2.67 bits per heavy atom. The largest absolute Gasteiger partial charge is 0.496 e. The van der Waals surface area contributed by atoms with Crippen molar-refractivity contribution in [3.63, 3.8) is 0 Å². The normalized spacial score (nSPS) is 16.2. The molecule has 2 heterocycles. The molecule has 0 fully saturated rings. The number of aromatic nitrogens is 1. The van der Waals surface area contributed by atoms with E-state index in [1.807, 2.05) is 25.1 Å². The molecule has 0 radical (unpaired) electrons. The molecule has 1 atom stereocenters. The minimum absolute atomic E-state index is 0.0324. The Bertz CT molecular complexity index is 983. The number of H-pyrrole nitrogens is 1. The summed E-state index contributed by atoms with van der Waals surface area (Å²) < 4.78 is 16.6. The smallest absolute Gasteiger partial charge is 0.141 e. The van der Waals surface area contributed by atoms with Gasteiger partial charge in [0, 0.05) is 34.8 Å². The van der Waals surface area contributed by atoms with Crippen molar-refractivity contribution in [3.05, 3.63) is 52.2 Å². The van der Waals surface area contributed by atoms with Crippen molar-refractivity contribution in [3.8, 4) is 17.2 Å². The predicted octanol–water partition coefficient (Wildman–Crippen LogP) is 4.47. The first kappa shape index (κ1) is 18.0. The SMILES string of the molecule is CCOc1ccc2[nH]c3c(c2c1)CCNC3c1cc(Cl)c(OC)cc1OC. The minimum Gasteiger partial charge on any atom is -0.496 e. The van der Waals surface area contributed by atoms with Crippen LogP contribution in [0.5, 0.6) is 17.2 Å². The third kappa shape index (κ3) is 3.11. The van der Waals surface area contributed by atoms with Crippen molar-refractivity contribution < 1.29 is 14.2 Å². The average molecular weight is 387 g/mol. The molecule has 6 heteroatoms. The fourth-order valence-electron chi connectivity index (χ4n) is 3.84. The zero-order valence-electron chi connectivity index (χ0n) is 15.7. The standard InChI is InChI=1S/C21H23ClN2O3/c1-4-27-12-5-6-17-14(9-12)13-7-8-23-20(21(13)24-17)15-10-16(22)19(26-3)11-18(15)25-2/h5-6,9-11,20,23-24H,4,7-8H2,1-3H3. The molecule has 0 aliphatic carbocycles. The first-order valence-corrected chi connectivity index (χ1v) is 9.46. The number of hydrogen-bond acceptors (Lipinski definition) is 4. The summed E-state index contributed by atoms with van der Waals surface area (Å²) in [6.45, 7) is 3.52. The monoisotopic (exact) mass is 386 g/mol. The Hall–Kier alpha value is -2.37. The Kier molecular flexibility index (Phi) is 4.89. The highest BCUT2D eigenvalue weighted by molar-refractivity contribution is 6.32. The van der Waals surface area contributed by atoms with E-state index < -0.39 is 0 Å². The van der Waals surface area contributed by atoms with Crippen LogP contribution in [-0.2, 0) is 6.42 Å². The van der Waals surface area contributed by atoms with E-state index in [0.29, 0.717) is 17.4 Å². The lowest BCUT2D eigenvalue weighted by molar-refractivity contribution is 0.340. The number of rotatable bonds is 5. The molecular formula is C21H23ClN2O3. The van der Waals surface area contributed by atoms with Gasteiger partial charge in [0.25, 0.3) is 0 Å². The summed E-state index contributed by atoms with van der Waals surface area (Å²) in [5.74, 6) is 2.24. The minimum atomic E-state index is -0.0324. The van der Waals surface area contributed by atoms with Gasteiger partial charge in [-0.25, -0.2) is 0 Å². The zero-order valence-corrected chi connectivity index (χ0v) is 16.4. The number of hydrogen-bond donors (Lipinski definition) is 2. The van der Waals surface area contributed by atoms with Gasteiger partial charge in [-0.1, -0.05) is 11.6 Å². The van der Waals surface area contributed by atoms with Crippen LogP contribution < -0.4 is 19.5 Å². The summed E-state index contributed by atoms with van der Waals surface area (Å²) in [6.07, 6.45) is 0.952. The van der Waals surface area contributed by atoms with Crippen molar-refractivity contribution in [1.29, 1.82) is 0 Å². The van der Waals surface area contributed by atoms with E-state index in [-0.39, 0.29) is 6.04 Å². The maximum atomic E-state index is 6.40. The molecule has 5 nitrogen and oxygen atoms in total. The van der Waals surface area contributed by atoms with Crippen LogP contribution in [0.3, 0.4) is 0 Å². The molecule has 2 N–H and O–H groups in total. The second kappa shape index (κ2) is 7.33. The highest BCUT2D eigenvalue weighted by Gasteiger charge is 2.28. The van der Waals surface area contributed by atoms with Crippen LogP contribution in [0.15, 0.2) is 30.3 Å². The molecule has 1 unspecified atom stereocenters. The van der Waals surface area contributed by atoms with E-state index >= 15 is 0 Å². The van der Waals surface area contributed by atoms with E-state index in [4.69, 9.17) is 25.8 Å². The van der Waals surface area contributed by atoms with Crippen LogP contribution >= 0.6 is 11.6 Å². The highest BCUT2D eigenvalue weighted by Crippen LogP contribution is 2.41. The quantitative estimate of drug-likeness (QED) is 0.679. The molecule has 0 spiro atoms. The molecule has 4 rings (SSSR count). The maximum Gasteiger partial charge on any atom is 0.141 e. The van der Waals surface area contributed by atoms with E-state index in [2.05, 4.69) is 22.4 Å². The first-order valence-electron chi connectivity index (χ1n) is 9.08. The molecule has 0 bridgehead atoms. The summed E-state index contributed by atoms with van der Waals surface area (Å²) in [6, 6.07) is 9.92. The molecule has 0 amide bonds. The number of aromatic amines is 1. The summed E-state index contributed by atoms with van der Waals surface area (Å²) in [4.78, 5) is 3.59. The summed E-state index contributed by atoms with van der Waals surface area (Å²) in [7, 11) is 3.26. The van der Waals surface area contributed by atoms with Gasteiger partial charge in [-0.15, -0.1) is 0 Å². The van der Waals surface area contributed by atoms with Gasteiger partial charge in [-0.2, -0.15) is 0 Å². The van der Waals surface area contributed by atoms with Crippen LogP contribution in [0.4, 0.5) is 0 Å². The van der Waals surface area contributed by atoms with E-state index in [9.17, 15) is 0 Å². The van der Waals surface area contributed by atoms with Crippen LogP contribution in [0.2, 0.25) is 5.02 Å². The van der Waals surface area contributed by atoms with Gasteiger partial charge in [0.15, 0.2) is 0 Å². The van der Waals surface area contributed by atoms with Gasteiger partial charge >= 0.3 is 0 Å². The number of ether oxygens (including phenoxy) is 3. The van der Waals surface area contributed by atoms with Crippen LogP contribution in [0.25, 0.3) is 10.9 Å². The summed E-state index contributed by atoms with van der Waals surface area (Å²) >= 11 is 6.40. The van der Waals surface area contributed by atoms with Crippen LogP contribution in [0, 0.1) is 0 Å². The summed E-state index contributed by atoms with van der Waals surface area (Å²) in [5, 5.41) is 5.37. The van der Waals surface area contributed by atoms with E-state index in [1.54, 1.807) is 14.2 Å². The average Bonchev–Trinajstić information content (AvgIpc) is 3.06. The number of halogens is 1. The fourth-order valence-corrected chi connectivity index (χ4v) is 4.09. The Labute approximate surface area is 163 Å². The van der Waals surface area contributed by atoms with E-state index in [0.717, 1.165) is 41.2 Å². The van der Waals surface area contributed by atoms with E-state index in [1.165, 1.54) is 10.9 Å². The second-order valence-corrected chi connectivity index (χ2v) is 6.93. The van der Waals surface area contributed by atoms with Gasteiger partial charge < -0.3 is 24.5 Å². The third-order valence-electron chi connectivity index (χ3n) is 5.05. The van der Waals surface area contributed by atoms with Crippen LogP contribution in [0.1, 0.15) is 29.8 Å². The van der Waals surface area contributed by atoms with Crippen molar-refractivity contribution in [2.45, 2.75) is 19.4 Å². The zero-order chi connectivity index (χ0) is 19.0. The van der Waals surface area contributed by atoms with Crippen molar-refractivity contribution in [2.24, 2.45) is 0 Å². The molecule has 0 saturated carbocycles. The molecule has 27 heavy (non-hydrogen) atoms. The van der Waals surface area contributed by atoms with Gasteiger partial charge in [0.2, 0.25) is 0 Å². The lowest BCUT2D eigenvalue weighted by Crippen LogP contribution is -2.30. The van der Waals surface area contributed by atoms with Crippen molar-refractivity contribution in [1.82, 2.24) is 10.3 Å². The van der Waals surface area contributed by atoms with Gasteiger partial charge in [0.1, 0.15) is 17.2 Å². The molecule has 3 aromatic rings. The Morgan fingerprint density at radius 2 is 1.93 bits per heavy atom. The van der Waals surface area contributed by atoms with Crippen molar-refractivity contribution >= 4 is 22.5 Å². The Balaban J connectivity index is 1.84. The highest BCUT2D eigenvalue weighted by atomic mass is 35.5. The molecule has 1 aliphatic heterocycles. The fraction of sp³-hybridized carbons (Fsp3) is 0.333. The van der Waals surface area contributed by atoms with Crippen LogP contribution in [-0.4, -0.2) is 32.4 Å².